The van der Waals surface area contributed by atoms with Crippen molar-refractivity contribution in [2.45, 2.75) is 32.9 Å². The predicted octanol–water partition coefficient (Wildman–Crippen LogP) is 5.11. The van der Waals surface area contributed by atoms with Gasteiger partial charge in [0.2, 0.25) is 0 Å². The zero-order chi connectivity index (χ0) is 21.8. The van der Waals surface area contributed by atoms with E-state index in [1.54, 1.807) is 5.01 Å². The van der Waals surface area contributed by atoms with Gasteiger partial charge in [-0.05, 0) is 54.8 Å². The molecular weight excluding hydrogens is 382 g/mol. The SMILES string of the molecule is Cc1ccc(C2=NN(C(=O)CN(C)Cc3ccccc3)[C@H](c3ccccc3)C2)cc1C. The molecule has 0 spiro atoms. The van der Waals surface area contributed by atoms with Crippen LogP contribution in [0, 0.1) is 13.8 Å². The highest BCUT2D eigenvalue weighted by atomic mass is 16.2. The summed E-state index contributed by atoms with van der Waals surface area (Å²) in [5, 5.41) is 6.52. The Morgan fingerprint density at radius 2 is 1.65 bits per heavy atom. The number of rotatable bonds is 6. The maximum Gasteiger partial charge on any atom is 0.257 e. The summed E-state index contributed by atoms with van der Waals surface area (Å²) < 4.78 is 0. The first-order chi connectivity index (χ1) is 15.0. The van der Waals surface area contributed by atoms with E-state index in [0.717, 1.165) is 29.8 Å². The molecule has 0 bridgehead atoms. The maximum absolute atomic E-state index is 13.3. The van der Waals surface area contributed by atoms with Crippen molar-refractivity contribution in [1.29, 1.82) is 0 Å². The van der Waals surface area contributed by atoms with E-state index in [9.17, 15) is 4.79 Å². The van der Waals surface area contributed by atoms with E-state index in [1.807, 2.05) is 48.3 Å². The Bertz CT molecular complexity index is 1080. The van der Waals surface area contributed by atoms with Crippen LogP contribution in [0.3, 0.4) is 0 Å². The molecule has 1 amide bonds. The molecule has 0 saturated heterocycles. The van der Waals surface area contributed by atoms with E-state index in [1.165, 1.54) is 16.7 Å². The molecule has 4 heteroatoms. The van der Waals surface area contributed by atoms with Gasteiger partial charge in [0.25, 0.3) is 5.91 Å². The number of hydrazone groups is 1. The predicted molar refractivity (Wildman–Crippen MR) is 126 cm³/mol. The largest absolute Gasteiger partial charge is 0.293 e. The van der Waals surface area contributed by atoms with Gasteiger partial charge in [-0.1, -0.05) is 72.8 Å². The molecule has 1 heterocycles. The molecule has 0 saturated carbocycles. The highest BCUT2D eigenvalue weighted by Crippen LogP contribution is 2.33. The number of benzene rings is 3. The normalized spacial score (nSPS) is 15.9. The molecule has 0 N–H and O–H groups in total. The lowest BCUT2D eigenvalue weighted by Crippen LogP contribution is -2.36. The van der Waals surface area contributed by atoms with Gasteiger partial charge < -0.3 is 0 Å². The summed E-state index contributed by atoms with van der Waals surface area (Å²) in [4.78, 5) is 15.3. The second-order valence-corrected chi connectivity index (χ2v) is 8.37. The molecule has 3 aromatic rings. The molecule has 1 atom stereocenters. The van der Waals surface area contributed by atoms with Gasteiger partial charge in [0.1, 0.15) is 0 Å². The molecule has 4 nitrogen and oxygen atoms in total. The van der Waals surface area contributed by atoms with Gasteiger partial charge in [0.15, 0.2) is 0 Å². The average molecular weight is 412 g/mol. The molecule has 4 rings (SSSR count). The fourth-order valence-corrected chi connectivity index (χ4v) is 4.02. The summed E-state index contributed by atoms with van der Waals surface area (Å²) in [5.41, 5.74) is 6.87. The van der Waals surface area contributed by atoms with E-state index in [4.69, 9.17) is 5.10 Å². The van der Waals surface area contributed by atoms with Gasteiger partial charge in [-0.3, -0.25) is 9.69 Å². The van der Waals surface area contributed by atoms with Gasteiger partial charge in [-0.25, -0.2) is 5.01 Å². The molecule has 1 aliphatic rings. The van der Waals surface area contributed by atoms with Crippen LogP contribution < -0.4 is 0 Å². The Balaban J connectivity index is 1.56. The van der Waals surface area contributed by atoms with Crippen molar-refractivity contribution in [3.05, 3.63) is 107 Å². The lowest BCUT2D eigenvalue weighted by atomic mass is 9.96. The first kappa shape index (κ1) is 21.0. The van der Waals surface area contributed by atoms with Crippen molar-refractivity contribution >= 4 is 11.6 Å². The molecule has 31 heavy (non-hydrogen) atoms. The molecule has 158 valence electrons. The summed E-state index contributed by atoms with van der Waals surface area (Å²) in [7, 11) is 1.98. The van der Waals surface area contributed by atoms with Crippen LogP contribution >= 0.6 is 0 Å². The Morgan fingerprint density at radius 3 is 2.32 bits per heavy atom. The lowest BCUT2D eigenvalue weighted by molar-refractivity contribution is -0.134. The summed E-state index contributed by atoms with van der Waals surface area (Å²) in [5.74, 6) is 0.0196. The van der Waals surface area contributed by atoms with Crippen LogP contribution in [0.1, 0.15) is 40.3 Å². The molecule has 1 aliphatic heterocycles. The minimum Gasteiger partial charge on any atom is -0.293 e. The highest BCUT2D eigenvalue weighted by Gasteiger charge is 2.33. The van der Waals surface area contributed by atoms with Crippen molar-refractivity contribution in [3.8, 4) is 0 Å². The van der Waals surface area contributed by atoms with Gasteiger partial charge in [0.05, 0.1) is 18.3 Å². The van der Waals surface area contributed by atoms with Crippen LogP contribution in [0.15, 0.2) is 84.0 Å². The van der Waals surface area contributed by atoms with Gasteiger partial charge in [-0.2, -0.15) is 5.10 Å². The topological polar surface area (TPSA) is 35.9 Å². The average Bonchev–Trinajstić information content (AvgIpc) is 3.22. The van der Waals surface area contributed by atoms with Crippen LogP contribution in [0.5, 0.6) is 0 Å². The van der Waals surface area contributed by atoms with Crippen LogP contribution in [0.4, 0.5) is 0 Å². The summed E-state index contributed by atoms with van der Waals surface area (Å²) in [6.07, 6.45) is 0.723. The maximum atomic E-state index is 13.3. The highest BCUT2D eigenvalue weighted by molar-refractivity contribution is 6.03. The van der Waals surface area contributed by atoms with E-state index in [0.29, 0.717) is 6.54 Å². The van der Waals surface area contributed by atoms with Crippen molar-refractivity contribution in [3.63, 3.8) is 0 Å². The van der Waals surface area contributed by atoms with Gasteiger partial charge in [-0.15, -0.1) is 0 Å². The Kier molecular flexibility index (Phi) is 6.28. The smallest absolute Gasteiger partial charge is 0.257 e. The van der Waals surface area contributed by atoms with Crippen molar-refractivity contribution < 1.29 is 4.79 Å². The fourth-order valence-electron chi connectivity index (χ4n) is 4.02. The van der Waals surface area contributed by atoms with Crippen molar-refractivity contribution in [2.75, 3.05) is 13.6 Å². The number of aryl methyl sites for hydroxylation is 2. The zero-order valence-electron chi connectivity index (χ0n) is 18.5. The molecule has 3 aromatic carbocycles. The number of likely N-dealkylation sites (N-methyl/N-ethyl adjacent to an activating group) is 1. The first-order valence-corrected chi connectivity index (χ1v) is 10.8. The lowest BCUT2D eigenvalue weighted by Gasteiger charge is -2.24. The second-order valence-electron chi connectivity index (χ2n) is 8.37. The third-order valence-electron chi connectivity index (χ3n) is 5.89. The van der Waals surface area contributed by atoms with Crippen molar-refractivity contribution in [2.24, 2.45) is 5.10 Å². The van der Waals surface area contributed by atoms with Crippen LogP contribution in [0.2, 0.25) is 0 Å². The van der Waals surface area contributed by atoms with Crippen LogP contribution in [-0.4, -0.2) is 35.1 Å². The zero-order valence-corrected chi connectivity index (χ0v) is 18.5. The molecule has 0 radical (unpaired) electrons. The Morgan fingerprint density at radius 1 is 0.968 bits per heavy atom. The van der Waals surface area contributed by atoms with Gasteiger partial charge >= 0.3 is 0 Å². The Labute approximate surface area is 184 Å². The standard InChI is InChI=1S/C27H29N3O/c1-20-14-15-24(16-21(20)2)25-17-26(23-12-8-5-9-13-23)30(28-25)27(31)19-29(3)18-22-10-6-4-7-11-22/h4-16,26H,17-19H2,1-3H3/t26-/m0/s1. The molecule has 0 unspecified atom stereocenters. The monoisotopic (exact) mass is 411 g/mol. The second kappa shape index (κ2) is 9.27. The number of amides is 1. The number of carbonyl (C=O) groups excluding carboxylic acids is 1. The molecule has 0 fully saturated rings. The molecular formula is C27H29N3O. The number of hydrogen-bond acceptors (Lipinski definition) is 3. The number of hydrogen-bond donors (Lipinski definition) is 0. The summed E-state index contributed by atoms with van der Waals surface area (Å²) in [6.45, 7) is 5.28. The van der Waals surface area contributed by atoms with E-state index in [-0.39, 0.29) is 11.9 Å². The third kappa shape index (κ3) is 4.92. The van der Waals surface area contributed by atoms with E-state index >= 15 is 0 Å². The Hall–Kier alpha value is -3.24. The minimum atomic E-state index is -0.0737. The van der Waals surface area contributed by atoms with Gasteiger partial charge in [0, 0.05) is 13.0 Å². The summed E-state index contributed by atoms with van der Waals surface area (Å²) in [6, 6.07) is 26.8. The molecule has 0 aliphatic carbocycles. The quantitative estimate of drug-likeness (QED) is 0.565. The van der Waals surface area contributed by atoms with E-state index < -0.39 is 0 Å². The molecule has 0 aromatic heterocycles. The van der Waals surface area contributed by atoms with Crippen LogP contribution in [0.25, 0.3) is 0 Å². The van der Waals surface area contributed by atoms with E-state index in [2.05, 4.69) is 56.3 Å². The minimum absolute atomic E-state index is 0.0196. The first-order valence-electron chi connectivity index (χ1n) is 10.8. The van der Waals surface area contributed by atoms with Crippen molar-refractivity contribution in [1.82, 2.24) is 9.91 Å². The number of nitrogens with zero attached hydrogens (tertiary/aromatic N) is 3. The van der Waals surface area contributed by atoms with Crippen LogP contribution in [-0.2, 0) is 11.3 Å². The number of carbonyl (C=O) groups is 1. The summed E-state index contributed by atoms with van der Waals surface area (Å²) >= 11 is 0. The third-order valence-corrected chi connectivity index (χ3v) is 5.89. The fraction of sp³-hybridized carbons (Fsp3) is 0.259.